The van der Waals surface area contributed by atoms with Crippen LogP contribution < -0.4 is 5.73 Å². The lowest BCUT2D eigenvalue weighted by Crippen LogP contribution is -2.29. The van der Waals surface area contributed by atoms with Gasteiger partial charge in [0.25, 0.3) is 0 Å². The molecule has 0 aliphatic heterocycles. The van der Waals surface area contributed by atoms with E-state index in [0.29, 0.717) is 6.42 Å². The summed E-state index contributed by atoms with van der Waals surface area (Å²) in [7, 11) is -4.40. The molecule has 0 aliphatic rings. The van der Waals surface area contributed by atoms with Gasteiger partial charge in [0.15, 0.2) is 6.10 Å². The molecular weight excluding hydrogens is 1170 g/mol. The van der Waals surface area contributed by atoms with Crippen LogP contribution in [0.1, 0.15) is 348 Å². The molecule has 0 fully saturated rings. The van der Waals surface area contributed by atoms with Crippen molar-refractivity contribution in [3.8, 4) is 0 Å². The highest BCUT2D eigenvalue weighted by Crippen LogP contribution is 2.43. The third kappa shape index (κ3) is 77.0. The van der Waals surface area contributed by atoms with Crippen molar-refractivity contribution >= 4 is 19.8 Å². The Labute approximate surface area is 574 Å². The molecule has 0 aromatic carbocycles. The number of unbranched alkanes of at least 4 members (excludes halogenated alkanes) is 37. The number of hydrogen-bond donors (Lipinski definition) is 2. The zero-order valence-electron chi connectivity index (χ0n) is 60.2. The number of allylic oxidation sites excluding steroid dienone is 22. The first-order chi connectivity index (χ1) is 45.8. The fourth-order valence-corrected chi connectivity index (χ4v) is 11.6. The maximum absolute atomic E-state index is 12.8. The molecule has 0 rings (SSSR count). The number of carbonyl (C=O) groups excluding carboxylic acids is 2. The molecule has 0 amide bonds. The maximum atomic E-state index is 12.8. The molecule has 0 aromatic rings. The second-order valence-corrected chi connectivity index (χ2v) is 26.9. The largest absolute Gasteiger partial charge is 0.472 e. The SMILES string of the molecule is CC/C=C\C/C=C\C/C=C\C/C=C\C/C=C\C/C=C\C/C=C\C/C=C\CCCCCCCCCCCCC(=O)OC(COC(=O)CCCCCCCCCCCCCCCCCCCCCCCC/C=C\C/C=C\C/C=C\CCCCCCC)COP(=O)(O)OCCN. The molecule has 93 heavy (non-hydrogen) atoms. The Balaban J connectivity index is 3.86. The molecule has 0 heterocycles. The van der Waals surface area contributed by atoms with Gasteiger partial charge in [0.2, 0.25) is 0 Å². The monoisotopic (exact) mass is 1310 g/mol. The fourth-order valence-electron chi connectivity index (χ4n) is 10.8. The first-order valence-corrected chi connectivity index (χ1v) is 40.2. The van der Waals surface area contributed by atoms with Gasteiger partial charge in [0.1, 0.15) is 6.61 Å². The van der Waals surface area contributed by atoms with Crippen molar-refractivity contribution in [2.45, 2.75) is 354 Å². The van der Waals surface area contributed by atoms with Crippen LogP contribution in [-0.2, 0) is 32.7 Å². The number of rotatable bonds is 72. The summed E-state index contributed by atoms with van der Waals surface area (Å²) in [5.74, 6) is -0.826. The summed E-state index contributed by atoms with van der Waals surface area (Å²) in [6.07, 6.45) is 110. The zero-order valence-corrected chi connectivity index (χ0v) is 61.1. The molecule has 9 nitrogen and oxygen atoms in total. The van der Waals surface area contributed by atoms with E-state index in [1.54, 1.807) is 0 Å². The van der Waals surface area contributed by atoms with Gasteiger partial charge in [-0.3, -0.25) is 18.6 Å². The van der Waals surface area contributed by atoms with E-state index in [9.17, 15) is 19.0 Å². The molecule has 3 N–H and O–H groups in total. The molecule has 0 bridgehead atoms. The fraction of sp³-hybridized carbons (Fsp3) is 0.711. The second-order valence-electron chi connectivity index (χ2n) is 25.5. The Morgan fingerprint density at radius 2 is 0.591 bits per heavy atom. The highest BCUT2D eigenvalue weighted by atomic mass is 31.2. The summed E-state index contributed by atoms with van der Waals surface area (Å²) in [4.78, 5) is 35.4. The lowest BCUT2D eigenvalue weighted by Gasteiger charge is -2.19. The molecule has 534 valence electrons. The topological polar surface area (TPSA) is 134 Å². The minimum atomic E-state index is -4.40. The van der Waals surface area contributed by atoms with Gasteiger partial charge in [-0.15, -0.1) is 0 Å². The molecule has 2 unspecified atom stereocenters. The van der Waals surface area contributed by atoms with Gasteiger partial charge in [-0.05, 0) is 116 Å². The van der Waals surface area contributed by atoms with Crippen LogP contribution in [0.25, 0.3) is 0 Å². The van der Waals surface area contributed by atoms with Gasteiger partial charge in [0, 0.05) is 19.4 Å². The lowest BCUT2D eigenvalue weighted by atomic mass is 10.0. The lowest BCUT2D eigenvalue weighted by molar-refractivity contribution is -0.161. The predicted octanol–water partition coefficient (Wildman–Crippen LogP) is 26.0. The average molecular weight is 1320 g/mol. The Morgan fingerprint density at radius 3 is 0.882 bits per heavy atom. The van der Waals surface area contributed by atoms with Crippen molar-refractivity contribution in [3.63, 3.8) is 0 Å². The Hall–Kier alpha value is -3.85. The average Bonchev–Trinajstić information content (AvgIpc) is 3.70. The molecule has 0 radical (unpaired) electrons. The number of phosphoric acid groups is 1. The minimum Gasteiger partial charge on any atom is -0.462 e. The van der Waals surface area contributed by atoms with E-state index in [-0.39, 0.29) is 38.6 Å². The molecule has 2 atom stereocenters. The molecule has 0 aliphatic carbocycles. The highest BCUT2D eigenvalue weighted by molar-refractivity contribution is 7.47. The molecular formula is C83H144NO8P. The molecule has 0 saturated heterocycles. The van der Waals surface area contributed by atoms with Crippen LogP contribution in [0.5, 0.6) is 0 Å². The smallest absolute Gasteiger partial charge is 0.462 e. The number of phosphoric ester groups is 1. The van der Waals surface area contributed by atoms with Crippen molar-refractivity contribution in [1.29, 1.82) is 0 Å². The first-order valence-electron chi connectivity index (χ1n) is 38.7. The van der Waals surface area contributed by atoms with Crippen LogP contribution in [0, 0.1) is 0 Å². The van der Waals surface area contributed by atoms with Gasteiger partial charge < -0.3 is 20.1 Å². The van der Waals surface area contributed by atoms with Gasteiger partial charge in [-0.2, -0.15) is 0 Å². The van der Waals surface area contributed by atoms with Gasteiger partial charge in [0.05, 0.1) is 13.2 Å². The number of nitrogens with two attached hydrogens (primary N) is 1. The standard InChI is InChI=1S/C83H144NO8P/c1-3-5-7-9-11-13-15-17-19-21-23-25-27-29-31-33-35-37-39-40-42-43-45-47-49-51-53-55-57-59-61-63-65-67-69-71-73-75-82(85)89-79-81(80-91-93(87,88)90-78-77-84)92-83(86)76-74-72-70-68-66-64-62-60-58-56-54-52-50-48-46-44-41-38-36-34-32-30-28-26-24-22-20-18-16-14-12-10-8-6-4-2/h6,8,12,14-15,17-18,20-21,23-24,26-27,29-30,32,36,38,44,46,50,52,81H,3-5,7,9-11,13,16,19,22,25,28,31,33-35,37,39-43,45,47-49,51,53-80,84H2,1-2H3,(H,87,88)/b8-6-,14-12-,17-15-,20-18-,23-21-,26-24-,29-27-,32-30-,38-36-,46-44-,52-50-. The van der Waals surface area contributed by atoms with E-state index < -0.39 is 26.5 Å². The Kier molecular flexibility index (Phi) is 74.0. The number of esters is 2. The van der Waals surface area contributed by atoms with Crippen molar-refractivity contribution in [3.05, 3.63) is 134 Å². The predicted molar refractivity (Wildman–Crippen MR) is 404 cm³/mol. The normalized spacial score (nSPS) is 13.6. The van der Waals surface area contributed by atoms with E-state index in [4.69, 9.17) is 24.3 Å². The minimum absolute atomic E-state index is 0.0485. The zero-order chi connectivity index (χ0) is 67.2. The molecule has 0 spiro atoms. The summed E-state index contributed by atoms with van der Waals surface area (Å²) in [6, 6.07) is 0. The van der Waals surface area contributed by atoms with Crippen molar-refractivity contribution in [2.75, 3.05) is 26.4 Å². The van der Waals surface area contributed by atoms with Crippen LogP contribution in [0.2, 0.25) is 0 Å². The van der Waals surface area contributed by atoms with Crippen molar-refractivity contribution in [2.24, 2.45) is 5.73 Å². The van der Waals surface area contributed by atoms with Crippen LogP contribution in [-0.4, -0.2) is 49.3 Å². The number of hydrogen-bond acceptors (Lipinski definition) is 8. The maximum Gasteiger partial charge on any atom is 0.472 e. The van der Waals surface area contributed by atoms with Crippen LogP contribution in [0.3, 0.4) is 0 Å². The van der Waals surface area contributed by atoms with E-state index >= 15 is 0 Å². The molecule has 10 heteroatoms. The van der Waals surface area contributed by atoms with E-state index in [0.717, 1.165) is 109 Å². The van der Waals surface area contributed by atoms with Crippen molar-refractivity contribution < 1.29 is 37.6 Å². The molecule has 0 aromatic heterocycles. The van der Waals surface area contributed by atoms with Crippen LogP contribution >= 0.6 is 7.82 Å². The third-order valence-corrected chi connectivity index (χ3v) is 17.5. The summed E-state index contributed by atoms with van der Waals surface area (Å²) in [6.45, 7) is 3.64. The summed E-state index contributed by atoms with van der Waals surface area (Å²) < 4.78 is 33.2. The summed E-state index contributed by atoms with van der Waals surface area (Å²) >= 11 is 0. The third-order valence-electron chi connectivity index (χ3n) is 16.5. The highest BCUT2D eigenvalue weighted by Gasteiger charge is 2.26. The van der Waals surface area contributed by atoms with E-state index in [1.807, 2.05) is 0 Å². The van der Waals surface area contributed by atoms with E-state index in [2.05, 4.69) is 148 Å². The van der Waals surface area contributed by atoms with Gasteiger partial charge in [-0.1, -0.05) is 353 Å². The number of ether oxygens (including phenoxy) is 2. The summed E-state index contributed by atoms with van der Waals surface area (Å²) in [5, 5.41) is 0. The Morgan fingerprint density at radius 1 is 0.333 bits per heavy atom. The first kappa shape index (κ1) is 89.2. The quantitative estimate of drug-likeness (QED) is 0.0264. The van der Waals surface area contributed by atoms with E-state index in [1.165, 1.54) is 205 Å². The second kappa shape index (κ2) is 77.2. The molecule has 0 saturated carbocycles. The van der Waals surface area contributed by atoms with Crippen LogP contribution in [0.4, 0.5) is 0 Å². The van der Waals surface area contributed by atoms with Gasteiger partial charge >= 0.3 is 19.8 Å². The van der Waals surface area contributed by atoms with Crippen LogP contribution in [0.15, 0.2) is 134 Å². The number of carbonyl (C=O) groups is 2. The summed E-state index contributed by atoms with van der Waals surface area (Å²) in [5.41, 5.74) is 5.41. The Bertz CT molecular complexity index is 1990. The van der Waals surface area contributed by atoms with Gasteiger partial charge in [-0.25, -0.2) is 4.57 Å². The van der Waals surface area contributed by atoms with Crippen molar-refractivity contribution in [1.82, 2.24) is 0 Å².